The molecule has 6 rings (SSSR count). The summed E-state index contributed by atoms with van der Waals surface area (Å²) in [5.41, 5.74) is 0.976. The quantitative estimate of drug-likeness (QED) is 0.454. The Morgan fingerprint density at radius 3 is 2.65 bits per heavy atom. The van der Waals surface area contributed by atoms with Crippen LogP contribution in [0.3, 0.4) is 0 Å². The maximum absolute atomic E-state index is 12.7. The first-order valence-electron chi connectivity index (χ1n) is 13.7. The van der Waals surface area contributed by atoms with Gasteiger partial charge in [0.25, 0.3) is 0 Å². The molecular formula is C27H33F2N9O2. The summed E-state index contributed by atoms with van der Waals surface area (Å²) in [6.45, 7) is 3.87. The average molecular weight is 554 g/mol. The lowest BCUT2D eigenvalue weighted by atomic mass is 9.72. The number of amides is 1. The van der Waals surface area contributed by atoms with Gasteiger partial charge in [-0.15, -0.1) is 0 Å². The van der Waals surface area contributed by atoms with Crippen molar-refractivity contribution in [3.8, 4) is 17.1 Å². The maximum Gasteiger partial charge on any atom is 0.387 e. The molecule has 11 nitrogen and oxygen atoms in total. The fourth-order valence-corrected chi connectivity index (χ4v) is 5.84. The number of nitrogens with zero attached hydrogens (tertiary/aromatic N) is 7. The van der Waals surface area contributed by atoms with Gasteiger partial charge in [0.05, 0.1) is 17.8 Å². The van der Waals surface area contributed by atoms with Crippen molar-refractivity contribution in [3.05, 3.63) is 36.8 Å². The van der Waals surface area contributed by atoms with E-state index in [9.17, 15) is 13.6 Å². The van der Waals surface area contributed by atoms with Gasteiger partial charge in [0.1, 0.15) is 23.2 Å². The molecule has 6 heterocycles. The summed E-state index contributed by atoms with van der Waals surface area (Å²) in [6.07, 6.45) is 9.13. The van der Waals surface area contributed by atoms with Crippen molar-refractivity contribution >= 4 is 23.4 Å². The van der Waals surface area contributed by atoms with Crippen LogP contribution >= 0.6 is 0 Å². The lowest BCUT2D eigenvalue weighted by Gasteiger charge is -2.54. The first-order chi connectivity index (χ1) is 19.4. The third kappa shape index (κ3) is 5.69. The number of piperidine rings is 2. The second-order valence-corrected chi connectivity index (χ2v) is 10.9. The largest absolute Gasteiger partial charge is 0.435 e. The molecule has 3 saturated heterocycles. The molecule has 40 heavy (non-hydrogen) atoms. The third-order valence-electron chi connectivity index (χ3n) is 8.11. The van der Waals surface area contributed by atoms with E-state index in [2.05, 4.69) is 30.4 Å². The highest BCUT2D eigenvalue weighted by Gasteiger charge is 2.45. The van der Waals surface area contributed by atoms with E-state index in [1.807, 2.05) is 21.8 Å². The number of hydrogen-bond donors (Lipinski definition) is 2. The number of carbonyl (C=O) groups is 1. The Morgan fingerprint density at radius 2 is 1.93 bits per heavy atom. The number of ether oxygens (including phenoxy) is 1. The normalized spacial score (nSPS) is 19.1. The summed E-state index contributed by atoms with van der Waals surface area (Å²) in [5.74, 6) is 2.24. The van der Waals surface area contributed by atoms with Crippen molar-refractivity contribution in [1.82, 2.24) is 34.9 Å². The Hall–Kier alpha value is -3.87. The number of aromatic nitrogens is 5. The number of likely N-dealkylation sites (tertiary alicyclic amines) is 1. The smallest absolute Gasteiger partial charge is 0.387 e. The number of hydrogen-bond acceptors (Lipinski definition) is 9. The number of halogens is 2. The molecule has 3 aliphatic rings. The Bertz CT molecular complexity index is 1350. The summed E-state index contributed by atoms with van der Waals surface area (Å²) in [5, 5.41) is 11.1. The summed E-state index contributed by atoms with van der Waals surface area (Å²) in [4.78, 5) is 29.8. The van der Waals surface area contributed by atoms with Gasteiger partial charge in [-0.2, -0.15) is 13.9 Å². The molecule has 0 bridgehead atoms. The van der Waals surface area contributed by atoms with Crippen LogP contribution in [0.15, 0.2) is 36.8 Å². The Kier molecular flexibility index (Phi) is 7.22. The van der Waals surface area contributed by atoms with Gasteiger partial charge in [-0.1, -0.05) is 0 Å². The van der Waals surface area contributed by atoms with Crippen molar-refractivity contribution in [2.24, 2.45) is 5.41 Å². The first kappa shape index (κ1) is 26.4. The summed E-state index contributed by atoms with van der Waals surface area (Å²) >= 11 is 0. The zero-order valence-electron chi connectivity index (χ0n) is 22.4. The highest BCUT2D eigenvalue weighted by Crippen LogP contribution is 2.43. The molecule has 13 heteroatoms. The SMILES string of the molecule is CC(=O)N1CCC2(CC1)CN(c1cc(Nc3cc(OC(F)F)ccn3)nc(-c3cnn(C4CCNCC4)c3)n1)C2. The molecule has 0 radical (unpaired) electrons. The van der Waals surface area contributed by atoms with Crippen molar-refractivity contribution < 1.29 is 18.3 Å². The molecule has 3 aromatic rings. The summed E-state index contributed by atoms with van der Waals surface area (Å²) < 4.78 is 32.0. The zero-order valence-corrected chi connectivity index (χ0v) is 22.4. The Balaban J connectivity index is 1.25. The number of pyridine rings is 1. The van der Waals surface area contributed by atoms with E-state index in [1.165, 1.54) is 18.3 Å². The maximum atomic E-state index is 12.7. The molecule has 212 valence electrons. The van der Waals surface area contributed by atoms with Crippen LogP contribution in [-0.4, -0.2) is 81.4 Å². The second-order valence-electron chi connectivity index (χ2n) is 10.9. The van der Waals surface area contributed by atoms with E-state index in [0.717, 1.165) is 76.3 Å². The molecule has 0 aromatic carbocycles. The number of carbonyl (C=O) groups excluding carboxylic acids is 1. The van der Waals surface area contributed by atoms with Crippen molar-refractivity contribution in [3.63, 3.8) is 0 Å². The fraction of sp³-hybridized carbons (Fsp3) is 0.519. The highest BCUT2D eigenvalue weighted by atomic mass is 19.3. The fourth-order valence-electron chi connectivity index (χ4n) is 5.84. The molecule has 0 aliphatic carbocycles. The minimum absolute atomic E-state index is 0.00633. The molecule has 0 atom stereocenters. The summed E-state index contributed by atoms with van der Waals surface area (Å²) in [6, 6.07) is 4.96. The number of alkyl halides is 2. The number of anilines is 3. The van der Waals surface area contributed by atoms with Crippen molar-refractivity contribution in [2.45, 2.75) is 45.3 Å². The standard InChI is InChI=1S/C27H33F2N9O2/c1-18(39)36-10-5-27(6-11-36)16-37(17-27)24-13-23(33-22-12-21(4-9-31-22)40-26(28)29)34-25(35-24)19-14-32-38(15-19)20-2-7-30-8-3-20/h4,9,12-15,20,26,30H,2-3,5-8,10-11,16-17H2,1H3,(H,31,33,34,35). The van der Waals surface area contributed by atoms with Gasteiger partial charge in [-0.05, 0) is 44.8 Å². The monoisotopic (exact) mass is 553 g/mol. The van der Waals surface area contributed by atoms with Gasteiger partial charge in [0, 0.05) is 63.0 Å². The summed E-state index contributed by atoms with van der Waals surface area (Å²) in [7, 11) is 0. The van der Waals surface area contributed by atoms with Gasteiger partial charge >= 0.3 is 6.61 Å². The highest BCUT2D eigenvalue weighted by molar-refractivity contribution is 5.73. The van der Waals surface area contributed by atoms with Crippen LogP contribution in [0.4, 0.5) is 26.2 Å². The van der Waals surface area contributed by atoms with E-state index in [1.54, 1.807) is 13.1 Å². The van der Waals surface area contributed by atoms with Crippen LogP contribution in [0.25, 0.3) is 11.4 Å². The van der Waals surface area contributed by atoms with E-state index in [0.29, 0.717) is 23.5 Å². The molecule has 3 aromatic heterocycles. The third-order valence-corrected chi connectivity index (χ3v) is 8.11. The predicted octanol–water partition coefficient (Wildman–Crippen LogP) is 3.45. The molecule has 0 unspecified atom stereocenters. The Morgan fingerprint density at radius 1 is 1.15 bits per heavy atom. The molecule has 0 saturated carbocycles. The molecular weight excluding hydrogens is 520 g/mol. The van der Waals surface area contributed by atoms with Crippen LogP contribution in [0.5, 0.6) is 5.75 Å². The van der Waals surface area contributed by atoms with Gasteiger partial charge in [-0.25, -0.2) is 15.0 Å². The first-order valence-corrected chi connectivity index (χ1v) is 13.7. The van der Waals surface area contributed by atoms with E-state index in [-0.39, 0.29) is 17.1 Å². The zero-order chi connectivity index (χ0) is 27.7. The van der Waals surface area contributed by atoms with Gasteiger partial charge in [0.15, 0.2) is 5.82 Å². The van der Waals surface area contributed by atoms with Crippen molar-refractivity contribution in [1.29, 1.82) is 0 Å². The minimum Gasteiger partial charge on any atom is -0.435 e. The predicted molar refractivity (Wildman–Crippen MR) is 145 cm³/mol. The van der Waals surface area contributed by atoms with Gasteiger partial charge in [0.2, 0.25) is 5.91 Å². The van der Waals surface area contributed by atoms with Crippen LogP contribution in [0, 0.1) is 5.41 Å². The van der Waals surface area contributed by atoms with Crippen LogP contribution in [0.1, 0.15) is 38.6 Å². The lowest BCUT2D eigenvalue weighted by molar-refractivity contribution is -0.131. The van der Waals surface area contributed by atoms with E-state index in [4.69, 9.17) is 9.97 Å². The van der Waals surface area contributed by atoms with Gasteiger partial charge < -0.3 is 25.2 Å². The number of rotatable bonds is 7. The second kappa shape index (κ2) is 11.0. The van der Waals surface area contributed by atoms with Crippen LogP contribution < -0.4 is 20.3 Å². The van der Waals surface area contributed by atoms with E-state index >= 15 is 0 Å². The molecule has 3 fully saturated rings. The minimum atomic E-state index is -2.93. The van der Waals surface area contributed by atoms with Crippen LogP contribution in [0.2, 0.25) is 0 Å². The average Bonchev–Trinajstić information content (AvgIpc) is 3.43. The molecule has 2 N–H and O–H groups in total. The van der Waals surface area contributed by atoms with Crippen LogP contribution in [-0.2, 0) is 4.79 Å². The van der Waals surface area contributed by atoms with Gasteiger partial charge in [-0.3, -0.25) is 9.48 Å². The van der Waals surface area contributed by atoms with E-state index < -0.39 is 6.61 Å². The Labute approximate surface area is 230 Å². The number of nitrogens with one attached hydrogen (secondary N) is 2. The molecule has 3 aliphatic heterocycles. The molecule has 1 amide bonds. The lowest BCUT2D eigenvalue weighted by Crippen LogP contribution is -2.61. The molecule has 1 spiro atoms. The topological polar surface area (TPSA) is 113 Å². The van der Waals surface area contributed by atoms with Crippen molar-refractivity contribution in [2.75, 3.05) is 49.5 Å².